The van der Waals surface area contributed by atoms with Crippen molar-refractivity contribution in [3.63, 3.8) is 0 Å². The minimum absolute atomic E-state index is 0.501. The van der Waals surface area contributed by atoms with Crippen LogP contribution in [-0.2, 0) is 0 Å². The van der Waals surface area contributed by atoms with E-state index in [2.05, 4.69) is 12.1 Å². The number of hydrogen-bond donors (Lipinski definition) is 0. The highest BCUT2D eigenvalue weighted by molar-refractivity contribution is 6.22. The molecule has 1 aliphatic rings. The Bertz CT molecular complexity index is 349. The third-order valence-electron chi connectivity index (χ3n) is 2.37. The predicted octanol–water partition coefficient (Wildman–Crippen LogP) is 3.37. The molecule has 1 aliphatic carbocycles. The van der Waals surface area contributed by atoms with Crippen molar-refractivity contribution in [2.45, 2.75) is 24.1 Å². The van der Waals surface area contributed by atoms with Crippen LogP contribution in [0.15, 0.2) is 24.3 Å². The predicted molar refractivity (Wildman–Crippen MR) is 52.6 cm³/mol. The molecule has 0 radical (unpaired) electrons. The molecule has 1 fully saturated rings. The lowest BCUT2D eigenvalue weighted by molar-refractivity contribution is 1.10. The molecular formula is C11H10ClN. The summed E-state index contributed by atoms with van der Waals surface area (Å²) in [6, 6.07) is 10.1. The zero-order valence-corrected chi connectivity index (χ0v) is 7.96. The molecule has 1 saturated carbocycles. The number of alkyl halides is 1. The highest BCUT2D eigenvalue weighted by Gasteiger charge is 2.23. The van der Waals surface area contributed by atoms with Crippen LogP contribution in [0.25, 0.3) is 0 Å². The van der Waals surface area contributed by atoms with Crippen molar-refractivity contribution in [3.8, 4) is 6.07 Å². The SMILES string of the molecule is N#CC(Cl)c1cccc(C2CC2)c1. The van der Waals surface area contributed by atoms with Gasteiger partial charge < -0.3 is 0 Å². The van der Waals surface area contributed by atoms with Crippen LogP contribution in [-0.4, -0.2) is 0 Å². The highest BCUT2D eigenvalue weighted by Crippen LogP contribution is 2.40. The number of halogens is 1. The quantitative estimate of drug-likeness (QED) is 0.658. The maximum atomic E-state index is 8.65. The fourth-order valence-electron chi connectivity index (χ4n) is 1.46. The monoisotopic (exact) mass is 191 g/mol. The van der Waals surface area contributed by atoms with E-state index >= 15 is 0 Å². The van der Waals surface area contributed by atoms with Crippen LogP contribution >= 0.6 is 11.6 Å². The highest BCUT2D eigenvalue weighted by atomic mass is 35.5. The maximum absolute atomic E-state index is 8.65. The molecule has 0 N–H and O–H groups in total. The van der Waals surface area contributed by atoms with Gasteiger partial charge >= 0.3 is 0 Å². The Hall–Kier alpha value is -1.00. The van der Waals surface area contributed by atoms with Crippen LogP contribution in [0.3, 0.4) is 0 Å². The summed E-state index contributed by atoms with van der Waals surface area (Å²) in [6.45, 7) is 0. The molecule has 2 heteroatoms. The molecule has 1 atom stereocenters. The van der Waals surface area contributed by atoms with E-state index in [4.69, 9.17) is 16.9 Å². The van der Waals surface area contributed by atoms with Gasteiger partial charge in [-0.15, -0.1) is 11.6 Å². The molecule has 1 aromatic rings. The van der Waals surface area contributed by atoms with Gasteiger partial charge in [-0.2, -0.15) is 5.26 Å². The number of rotatable bonds is 2. The Morgan fingerprint density at radius 3 is 2.85 bits per heavy atom. The van der Waals surface area contributed by atoms with Gasteiger partial charge in [0.15, 0.2) is 0 Å². The van der Waals surface area contributed by atoms with Crippen LogP contribution in [0.2, 0.25) is 0 Å². The number of nitriles is 1. The average Bonchev–Trinajstić information content (AvgIpc) is 3.00. The first-order chi connectivity index (χ1) is 6.31. The first kappa shape index (κ1) is 8.59. The summed E-state index contributed by atoms with van der Waals surface area (Å²) in [5.74, 6) is 0.725. The third kappa shape index (κ3) is 1.84. The van der Waals surface area contributed by atoms with E-state index in [0.29, 0.717) is 0 Å². The van der Waals surface area contributed by atoms with E-state index < -0.39 is 5.38 Å². The Morgan fingerprint density at radius 1 is 1.46 bits per heavy atom. The maximum Gasteiger partial charge on any atom is 0.145 e. The van der Waals surface area contributed by atoms with Crippen molar-refractivity contribution in [1.29, 1.82) is 5.26 Å². The molecule has 0 heterocycles. The fraction of sp³-hybridized carbons (Fsp3) is 0.364. The van der Waals surface area contributed by atoms with Crippen molar-refractivity contribution in [2.75, 3.05) is 0 Å². The van der Waals surface area contributed by atoms with Crippen molar-refractivity contribution >= 4 is 11.6 Å². The molecule has 0 spiro atoms. The summed E-state index contributed by atoms with van der Waals surface area (Å²) in [5, 5.41) is 8.15. The molecule has 0 amide bonds. The van der Waals surface area contributed by atoms with E-state index in [1.54, 1.807) is 0 Å². The van der Waals surface area contributed by atoms with E-state index in [1.807, 2.05) is 18.2 Å². The molecular weight excluding hydrogens is 182 g/mol. The summed E-state index contributed by atoms with van der Waals surface area (Å²) in [4.78, 5) is 0. The summed E-state index contributed by atoms with van der Waals surface area (Å²) in [5.41, 5.74) is 2.26. The van der Waals surface area contributed by atoms with Gasteiger partial charge in [-0.1, -0.05) is 24.3 Å². The Balaban J connectivity index is 2.27. The minimum atomic E-state index is -0.501. The number of nitrogens with zero attached hydrogens (tertiary/aromatic N) is 1. The van der Waals surface area contributed by atoms with Crippen molar-refractivity contribution < 1.29 is 0 Å². The van der Waals surface area contributed by atoms with E-state index in [9.17, 15) is 0 Å². The zero-order valence-electron chi connectivity index (χ0n) is 7.20. The van der Waals surface area contributed by atoms with Gasteiger partial charge in [0, 0.05) is 0 Å². The Morgan fingerprint density at radius 2 is 2.23 bits per heavy atom. The van der Waals surface area contributed by atoms with Crippen molar-refractivity contribution in [2.24, 2.45) is 0 Å². The molecule has 0 bridgehead atoms. The Kier molecular flexibility index (Phi) is 2.24. The van der Waals surface area contributed by atoms with Gasteiger partial charge in [0.1, 0.15) is 5.38 Å². The van der Waals surface area contributed by atoms with Gasteiger partial charge in [0.05, 0.1) is 6.07 Å². The second-order valence-corrected chi connectivity index (χ2v) is 3.87. The van der Waals surface area contributed by atoms with Gasteiger partial charge in [-0.25, -0.2) is 0 Å². The van der Waals surface area contributed by atoms with Crippen LogP contribution in [0.5, 0.6) is 0 Å². The first-order valence-corrected chi connectivity index (χ1v) is 4.88. The molecule has 1 nitrogen and oxygen atoms in total. The molecule has 0 saturated heterocycles. The largest absolute Gasteiger partial charge is 0.196 e. The lowest BCUT2D eigenvalue weighted by Gasteiger charge is -2.03. The lowest BCUT2D eigenvalue weighted by atomic mass is 10.1. The number of hydrogen-bond acceptors (Lipinski definition) is 1. The molecule has 1 unspecified atom stereocenters. The lowest BCUT2D eigenvalue weighted by Crippen LogP contribution is -1.88. The second kappa shape index (κ2) is 3.40. The first-order valence-electron chi connectivity index (χ1n) is 4.45. The second-order valence-electron chi connectivity index (χ2n) is 3.44. The van der Waals surface area contributed by atoms with Crippen LogP contribution in [0.1, 0.15) is 35.3 Å². The van der Waals surface area contributed by atoms with Crippen molar-refractivity contribution in [3.05, 3.63) is 35.4 Å². The molecule has 1 aromatic carbocycles. The van der Waals surface area contributed by atoms with Gasteiger partial charge in [-0.05, 0) is 29.9 Å². The summed E-state index contributed by atoms with van der Waals surface area (Å²) < 4.78 is 0. The number of benzene rings is 1. The summed E-state index contributed by atoms with van der Waals surface area (Å²) in [6.07, 6.45) is 2.56. The van der Waals surface area contributed by atoms with Crippen LogP contribution in [0.4, 0.5) is 0 Å². The average molecular weight is 192 g/mol. The standard InChI is InChI=1S/C11H10ClN/c12-11(7-13)10-3-1-2-9(6-10)8-4-5-8/h1-3,6,8,11H,4-5H2. The van der Waals surface area contributed by atoms with Gasteiger partial charge in [0.2, 0.25) is 0 Å². The van der Waals surface area contributed by atoms with E-state index in [-0.39, 0.29) is 0 Å². The third-order valence-corrected chi connectivity index (χ3v) is 2.72. The molecule has 13 heavy (non-hydrogen) atoms. The van der Waals surface area contributed by atoms with Crippen LogP contribution in [0, 0.1) is 11.3 Å². The fourth-order valence-corrected chi connectivity index (χ4v) is 1.60. The van der Waals surface area contributed by atoms with Gasteiger partial charge in [-0.3, -0.25) is 0 Å². The smallest absolute Gasteiger partial charge is 0.145 e. The zero-order chi connectivity index (χ0) is 9.26. The summed E-state index contributed by atoms with van der Waals surface area (Å²) >= 11 is 5.83. The van der Waals surface area contributed by atoms with Crippen LogP contribution < -0.4 is 0 Å². The minimum Gasteiger partial charge on any atom is -0.196 e. The van der Waals surface area contributed by atoms with E-state index in [1.165, 1.54) is 18.4 Å². The molecule has 0 aliphatic heterocycles. The van der Waals surface area contributed by atoms with Crippen molar-refractivity contribution in [1.82, 2.24) is 0 Å². The summed E-state index contributed by atoms with van der Waals surface area (Å²) in [7, 11) is 0. The van der Waals surface area contributed by atoms with E-state index in [0.717, 1.165) is 11.5 Å². The normalized spacial score (nSPS) is 17.8. The topological polar surface area (TPSA) is 23.8 Å². The molecule has 0 aromatic heterocycles. The molecule has 66 valence electrons. The molecule has 2 rings (SSSR count). The van der Waals surface area contributed by atoms with Gasteiger partial charge in [0.25, 0.3) is 0 Å². The Labute approximate surface area is 82.9 Å².